The van der Waals surface area contributed by atoms with Crippen LogP contribution in [0.1, 0.15) is 82.8 Å². The molecule has 0 N–H and O–H groups in total. The van der Waals surface area contributed by atoms with E-state index in [0.717, 1.165) is 32.4 Å². The molecule has 25 rings (SSSR count). The number of aromatic nitrogens is 2. The van der Waals surface area contributed by atoms with Crippen molar-refractivity contribution in [2.24, 2.45) is 0 Å². The summed E-state index contributed by atoms with van der Waals surface area (Å²) >= 11 is 0. The third-order valence-corrected chi connectivity index (χ3v) is 25.3. The quantitative estimate of drug-likeness (QED) is 0.128. The van der Waals surface area contributed by atoms with Crippen molar-refractivity contribution in [1.82, 2.24) is 9.13 Å². The summed E-state index contributed by atoms with van der Waals surface area (Å²) in [6, 6.07) is 69.9. The molecule has 7 nitrogen and oxygen atoms in total. The number of hydrogen-bond acceptors (Lipinski definition) is 5. The van der Waals surface area contributed by atoms with Crippen LogP contribution >= 0.6 is 0 Å². The van der Waals surface area contributed by atoms with Crippen LogP contribution in [0.4, 0.5) is 51.2 Å². The number of rotatable bonds is 10. The zero-order valence-electron chi connectivity index (χ0n) is 90.5. The van der Waals surface area contributed by atoms with E-state index in [9.17, 15) is 26.0 Å². The number of anilines is 9. The van der Waals surface area contributed by atoms with E-state index in [1.54, 1.807) is 4.57 Å². The minimum Gasteiger partial charge on any atom is -0.456 e. The van der Waals surface area contributed by atoms with Crippen molar-refractivity contribution in [3.8, 4) is 101 Å². The van der Waals surface area contributed by atoms with Gasteiger partial charge in [-0.15, -0.1) is 0 Å². The van der Waals surface area contributed by atoms with Crippen molar-refractivity contribution < 1.29 is 39.6 Å². The van der Waals surface area contributed by atoms with E-state index in [-0.39, 0.29) is 77.5 Å². The first-order valence-electron chi connectivity index (χ1n) is 52.9. The minimum absolute atomic E-state index is 0.0348. The summed E-state index contributed by atoms with van der Waals surface area (Å²) in [6.07, 6.45) is 0. The first-order valence-corrected chi connectivity index (χ1v) is 41.9. The molecule has 0 fully saturated rings. The largest absolute Gasteiger partial charge is 0.456 e. The average molecular weight is 1620 g/mol. The molecular weight excluding hydrogens is 1520 g/mol. The zero-order chi connectivity index (χ0) is 102. The Balaban J connectivity index is 0.964. The fourth-order valence-electron chi connectivity index (χ4n) is 19.6. The third kappa shape index (κ3) is 11.1. The Labute approximate surface area is 759 Å². The maximum absolute atomic E-state index is 12.3. The highest BCUT2D eigenvalue weighted by atomic mass is 16.5. The highest BCUT2D eigenvalue weighted by Crippen LogP contribution is 2.60. The Hall–Kier alpha value is -15.3. The summed E-state index contributed by atoms with van der Waals surface area (Å²) in [6.45, 7) is 10.0. The standard InChI is InChI=1S/C116H83B2N5O2/c1-115(2,3)80-64-87(74-38-17-9-18-39-74)110(88(65-80)75-40-19-10-20-41-75)122-101-68-82(119-96-50-27-25-46-84(96)85-47-26-28-51-97(85)119)58-60-92(101)117-95-71-104-109-114(125-107-63-79(73-36-15-8-16-37-73)56-59-93(107)118(109)94-49-33-48-86-91-62-78(72-34-13-7-14-35-72)57-61-98(91)121(104)112(86)94)113(95)123(111-89(76-42-21-11-22-43-76)66-81(116(4,5)6)67-90(111)77-44-23-12-24-45-77)103-70-83(69-102(122)108(103)117)120-99-52-29-31-54-105(99)124-106-55-32-30-53-100(106)120/h7-71H,1-6H3/i7D,13D,14D,25D,26D,27D,28D,33D,34D,35D,46D,47D,48D,49D,50D,51D,57D,58D,60D,61D,62D,68D. The van der Waals surface area contributed by atoms with Gasteiger partial charge in [0.25, 0.3) is 13.4 Å². The smallest absolute Gasteiger partial charge is 0.256 e. The van der Waals surface area contributed by atoms with Crippen LogP contribution in [0.25, 0.3) is 122 Å². The summed E-state index contributed by atoms with van der Waals surface area (Å²) in [7, 11) is 0. The number of nitrogens with zero attached hydrogens (tertiary/aromatic N) is 5. The van der Waals surface area contributed by atoms with Crippen LogP contribution < -0.4 is 57.0 Å². The number of benzene rings is 18. The van der Waals surface area contributed by atoms with Crippen LogP contribution in [0.2, 0.25) is 0 Å². The Morgan fingerprint density at radius 3 is 1.34 bits per heavy atom. The lowest BCUT2D eigenvalue weighted by Crippen LogP contribution is -2.64. The molecular formula is C116H83B2N5O2. The van der Waals surface area contributed by atoms with Crippen LogP contribution in [0, 0.1) is 0 Å². The highest BCUT2D eigenvalue weighted by molar-refractivity contribution is 7.02. The van der Waals surface area contributed by atoms with E-state index < -0.39 is 185 Å². The van der Waals surface area contributed by atoms with Gasteiger partial charge in [-0.25, -0.2) is 0 Å². The van der Waals surface area contributed by atoms with E-state index in [0.29, 0.717) is 107 Å². The number of hydrogen-bond donors (Lipinski definition) is 0. The van der Waals surface area contributed by atoms with E-state index in [1.165, 1.54) is 0 Å². The van der Waals surface area contributed by atoms with E-state index >= 15 is 0 Å². The van der Waals surface area contributed by atoms with Crippen molar-refractivity contribution in [1.29, 1.82) is 0 Å². The predicted octanol–water partition coefficient (Wildman–Crippen LogP) is 27.1. The van der Waals surface area contributed by atoms with Gasteiger partial charge in [0.2, 0.25) is 0 Å². The topological polar surface area (TPSA) is 38.0 Å². The number of fused-ring (bicyclic) bond motifs is 17. The van der Waals surface area contributed by atoms with Crippen molar-refractivity contribution in [3.05, 3.63) is 405 Å². The second-order valence-electron chi connectivity index (χ2n) is 34.5. The first kappa shape index (κ1) is 53.5. The molecule has 0 unspecified atom stereocenters. The fourth-order valence-corrected chi connectivity index (χ4v) is 19.6. The maximum Gasteiger partial charge on any atom is 0.256 e. The van der Waals surface area contributed by atoms with Crippen molar-refractivity contribution in [3.63, 3.8) is 0 Å². The van der Waals surface area contributed by atoms with E-state index in [4.69, 9.17) is 13.6 Å². The molecule has 125 heavy (non-hydrogen) atoms. The molecule has 0 saturated carbocycles. The van der Waals surface area contributed by atoms with Gasteiger partial charge in [-0.1, -0.05) is 326 Å². The molecule has 5 aliphatic heterocycles. The fraction of sp³-hybridized carbons (Fsp3) is 0.0690. The summed E-state index contributed by atoms with van der Waals surface area (Å²) in [5.41, 5.74) is 9.97. The molecule has 5 aliphatic rings. The molecule has 0 aliphatic carbocycles. The SMILES string of the molecule is [2H]c1c([2H])c([2H])c(-c2c([2H])c([2H])c3c(c2[2H])c2c([2H])c([2H])c([2H])c4c2n3-c2cc3c(c5c2B4c2ccc(-c4ccccc4)cc2O5)N(c2c(-c4ccccc4)cc(C(C)(C)C)cc2-c2ccccc2)c2cc(N4c5ccccc5Oc5ccccc54)cc4c2B3c2c([2H])c([2H])c(-n3c5c([2H])c([2H])c([2H])c([2H])c5c5c([2H])c([2H])c([2H])c([2H])c53)c([2H])c2N4c2c(-c3ccccc3)cc(C(C)(C)C)cc2-c2ccccc2)c([2H])c1[2H]. The lowest BCUT2D eigenvalue weighted by atomic mass is 9.31. The van der Waals surface area contributed by atoms with Gasteiger partial charge in [0, 0.05) is 77.8 Å². The Morgan fingerprint density at radius 2 is 0.768 bits per heavy atom. The molecule has 0 bridgehead atoms. The molecule has 0 saturated heterocycles. The number of para-hydroxylation sites is 7. The third-order valence-electron chi connectivity index (χ3n) is 25.3. The van der Waals surface area contributed by atoms with Crippen LogP contribution in [0.15, 0.2) is 394 Å². The second-order valence-corrected chi connectivity index (χ2v) is 34.5. The number of ether oxygens (including phenoxy) is 2. The lowest BCUT2D eigenvalue weighted by Gasteiger charge is -2.48. The van der Waals surface area contributed by atoms with Gasteiger partial charge in [-0.2, -0.15) is 0 Å². The van der Waals surface area contributed by atoms with Crippen molar-refractivity contribution in [2.75, 3.05) is 14.7 Å². The molecule has 20 aromatic rings. The molecule has 2 aromatic heterocycles. The van der Waals surface area contributed by atoms with Crippen molar-refractivity contribution in [2.45, 2.75) is 52.4 Å². The monoisotopic (exact) mass is 1620 g/mol. The maximum atomic E-state index is 12.3. The first-order chi connectivity index (χ1) is 70.5. The van der Waals surface area contributed by atoms with E-state index in [2.05, 4.69) is 106 Å². The second kappa shape index (κ2) is 27.6. The molecule has 0 spiro atoms. The van der Waals surface area contributed by atoms with Gasteiger partial charge in [0.05, 0.1) is 80.8 Å². The lowest BCUT2D eigenvalue weighted by molar-refractivity contribution is 0.477. The van der Waals surface area contributed by atoms with Gasteiger partial charge in [-0.05, 0) is 208 Å². The summed E-state index contributed by atoms with van der Waals surface area (Å²) in [5, 5.41) is -1.07. The molecule has 590 valence electrons. The predicted molar refractivity (Wildman–Crippen MR) is 525 cm³/mol. The molecule has 9 heteroatoms. The van der Waals surface area contributed by atoms with Crippen LogP contribution in [0.3, 0.4) is 0 Å². The van der Waals surface area contributed by atoms with Crippen LogP contribution in [0.5, 0.6) is 23.0 Å². The Bertz CT molecular complexity index is 9050. The molecule has 18 aromatic carbocycles. The Kier molecular flexibility index (Phi) is 11.8. The summed E-state index contributed by atoms with van der Waals surface area (Å²) < 4.78 is 242. The van der Waals surface area contributed by atoms with Gasteiger partial charge >= 0.3 is 0 Å². The molecule has 0 amide bonds. The van der Waals surface area contributed by atoms with Crippen molar-refractivity contribution >= 4 is 141 Å². The van der Waals surface area contributed by atoms with Crippen LogP contribution in [-0.4, -0.2) is 22.6 Å². The molecule has 0 atom stereocenters. The van der Waals surface area contributed by atoms with Gasteiger partial charge in [0.15, 0.2) is 11.5 Å². The van der Waals surface area contributed by atoms with Gasteiger partial charge in [0.1, 0.15) is 11.5 Å². The zero-order valence-corrected chi connectivity index (χ0v) is 68.5. The summed E-state index contributed by atoms with van der Waals surface area (Å²) in [5.74, 6) is 1.25. The van der Waals surface area contributed by atoms with E-state index in [1.807, 2.05) is 211 Å². The molecule has 0 radical (unpaired) electrons. The molecule has 7 heterocycles. The van der Waals surface area contributed by atoms with Crippen LogP contribution in [-0.2, 0) is 10.8 Å². The van der Waals surface area contributed by atoms with Gasteiger partial charge in [-0.3, -0.25) is 0 Å². The summed E-state index contributed by atoms with van der Waals surface area (Å²) in [4.78, 5) is 6.33. The normalized spacial score (nSPS) is 15.7. The highest BCUT2D eigenvalue weighted by Gasteiger charge is 2.52. The average Bonchev–Trinajstić information content (AvgIpc) is 1.65. The van der Waals surface area contributed by atoms with Gasteiger partial charge < -0.3 is 33.3 Å². The Morgan fingerprint density at radius 1 is 0.272 bits per heavy atom. The minimum atomic E-state index is -1.55.